The maximum atomic E-state index is 5.89. The Morgan fingerprint density at radius 1 is 1.29 bits per heavy atom. The van der Waals surface area contributed by atoms with Crippen LogP contribution in [0.4, 0.5) is 0 Å². The first-order valence-electron chi connectivity index (χ1n) is 4.36. The van der Waals surface area contributed by atoms with Gasteiger partial charge < -0.3 is 4.74 Å². The maximum absolute atomic E-state index is 5.89. The molecule has 2 heterocycles. The molecule has 0 aromatic carbocycles. The van der Waals surface area contributed by atoms with Crippen LogP contribution in [-0.4, -0.2) is 18.2 Å². The fraction of sp³-hybridized carbons (Fsp3) is 0.300. The van der Waals surface area contributed by atoms with E-state index in [0.717, 1.165) is 24.3 Å². The molecular formula is C10H9Cl2NO. The highest BCUT2D eigenvalue weighted by molar-refractivity contribution is 6.34. The van der Waals surface area contributed by atoms with Crippen molar-refractivity contribution in [1.82, 2.24) is 4.98 Å². The number of nitrogens with zero attached hydrogens (tertiary/aromatic N) is 1. The van der Waals surface area contributed by atoms with Crippen LogP contribution in [0.1, 0.15) is 12.1 Å². The van der Waals surface area contributed by atoms with Crippen molar-refractivity contribution in [3.05, 3.63) is 34.1 Å². The molecule has 74 valence electrons. The highest BCUT2D eigenvalue weighted by Crippen LogP contribution is 2.24. The van der Waals surface area contributed by atoms with Crippen LogP contribution < -0.4 is 0 Å². The Balaban J connectivity index is 2.35. The third kappa shape index (κ3) is 2.27. The molecule has 0 saturated heterocycles. The van der Waals surface area contributed by atoms with Crippen molar-refractivity contribution in [3.63, 3.8) is 0 Å². The molecule has 0 saturated carbocycles. The first-order chi connectivity index (χ1) is 6.75. The van der Waals surface area contributed by atoms with Gasteiger partial charge in [0.1, 0.15) is 5.15 Å². The first kappa shape index (κ1) is 9.97. The minimum Gasteiger partial charge on any atom is -0.377 e. The average molecular weight is 230 g/mol. The van der Waals surface area contributed by atoms with Crippen LogP contribution in [0.15, 0.2) is 18.2 Å². The van der Waals surface area contributed by atoms with Crippen molar-refractivity contribution in [2.75, 3.05) is 13.2 Å². The van der Waals surface area contributed by atoms with E-state index in [-0.39, 0.29) is 0 Å². The molecule has 0 fully saturated rings. The topological polar surface area (TPSA) is 22.1 Å². The number of hydrogen-bond acceptors (Lipinski definition) is 2. The van der Waals surface area contributed by atoms with E-state index in [4.69, 9.17) is 27.9 Å². The lowest BCUT2D eigenvalue weighted by Crippen LogP contribution is -2.04. The maximum Gasteiger partial charge on any atom is 0.131 e. The first-order valence-corrected chi connectivity index (χ1v) is 5.11. The van der Waals surface area contributed by atoms with E-state index in [1.54, 1.807) is 6.07 Å². The Morgan fingerprint density at radius 3 is 2.79 bits per heavy atom. The van der Waals surface area contributed by atoms with Gasteiger partial charge in [0.2, 0.25) is 0 Å². The van der Waals surface area contributed by atoms with Crippen molar-refractivity contribution in [1.29, 1.82) is 0 Å². The van der Waals surface area contributed by atoms with Crippen LogP contribution in [0, 0.1) is 0 Å². The molecule has 1 aliphatic rings. The van der Waals surface area contributed by atoms with E-state index in [9.17, 15) is 0 Å². The molecule has 2 rings (SSSR count). The summed E-state index contributed by atoms with van der Waals surface area (Å²) in [7, 11) is 0. The van der Waals surface area contributed by atoms with E-state index < -0.39 is 0 Å². The zero-order valence-electron chi connectivity index (χ0n) is 7.46. The highest BCUT2D eigenvalue weighted by Gasteiger charge is 2.09. The van der Waals surface area contributed by atoms with Gasteiger partial charge in [0.05, 0.1) is 18.9 Å². The molecule has 1 aliphatic heterocycles. The molecule has 0 spiro atoms. The van der Waals surface area contributed by atoms with Crippen LogP contribution in [0.2, 0.25) is 10.2 Å². The zero-order chi connectivity index (χ0) is 9.97. The molecule has 0 N–H and O–H groups in total. The summed E-state index contributed by atoms with van der Waals surface area (Å²) in [4.78, 5) is 4.21. The number of pyridine rings is 1. The number of rotatable bonds is 1. The smallest absolute Gasteiger partial charge is 0.131 e. The number of hydrogen-bond donors (Lipinski definition) is 0. The van der Waals surface area contributed by atoms with Crippen LogP contribution in [-0.2, 0) is 4.74 Å². The van der Waals surface area contributed by atoms with Gasteiger partial charge >= 0.3 is 0 Å². The average Bonchev–Trinajstić information content (AvgIpc) is 2.18. The largest absolute Gasteiger partial charge is 0.377 e. The Labute approximate surface area is 92.5 Å². The van der Waals surface area contributed by atoms with Gasteiger partial charge in [0.25, 0.3) is 0 Å². The van der Waals surface area contributed by atoms with Gasteiger partial charge in [-0.05, 0) is 24.1 Å². The van der Waals surface area contributed by atoms with Crippen molar-refractivity contribution in [2.24, 2.45) is 0 Å². The second-order valence-corrected chi connectivity index (χ2v) is 3.87. The highest BCUT2D eigenvalue weighted by atomic mass is 35.5. The van der Waals surface area contributed by atoms with Gasteiger partial charge in [0.15, 0.2) is 0 Å². The van der Waals surface area contributed by atoms with E-state index in [1.807, 2.05) is 12.1 Å². The fourth-order valence-corrected chi connectivity index (χ4v) is 1.86. The molecule has 1 aromatic heterocycles. The van der Waals surface area contributed by atoms with Crippen LogP contribution in [0.25, 0.3) is 5.57 Å². The van der Waals surface area contributed by atoms with Crippen molar-refractivity contribution >= 4 is 28.8 Å². The van der Waals surface area contributed by atoms with Crippen molar-refractivity contribution < 1.29 is 4.74 Å². The van der Waals surface area contributed by atoms with Crippen molar-refractivity contribution in [3.8, 4) is 0 Å². The number of ether oxygens (including phenoxy) is 1. The summed E-state index contributed by atoms with van der Waals surface area (Å²) in [6, 6.07) is 3.46. The fourth-order valence-electron chi connectivity index (χ4n) is 1.39. The van der Waals surface area contributed by atoms with Gasteiger partial charge in [-0.1, -0.05) is 29.3 Å². The van der Waals surface area contributed by atoms with Crippen LogP contribution in [0.5, 0.6) is 0 Å². The quantitative estimate of drug-likeness (QED) is 0.691. The number of halogens is 2. The Kier molecular flexibility index (Phi) is 3.06. The molecule has 0 bridgehead atoms. The Hall–Kier alpha value is -0.570. The minimum atomic E-state index is 0.430. The second-order valence-electron chi connectivity index (χ2n) is 3.05. The molecule has 2 nitrogen and oxygen atoms in total. The Bertz CT molecular complexity index is 356. The molecule has 0 unspecified atom stereocenters. The third-order valence-corrected chi connectivity index (χ3v) is 2.46. The molecule has 4 heteroatoms. The molecule has 14 heavy (non-hydrogen) atoms. The monoisotopic (exact) mass is 229 g/mol. The summed E-state index contributed by atoms with van der Waals surface area (Å²) < 4.78 is 5.21. The van der Waals surface area contributed by atoms with Crippen LogP contribution >= 0.6 is 23.2 Å². The van der Waals surface area contributed by atoms with Gasteiger partial charge in [-0.15, -0.1) is 0 Å². The van der Waals surface area contributed by atoms with Gasteiger partial charge in [-0.25, -0.2) is 4.98 Å². The minimum absolute atomic E-state index is 0.430. The van der Waals surface area contributed by atoms with E-state index in [0.29, 0.717) is 16.8 Å². The van der Waals surface area contributed by atoms with Crippen LogP contribution in [0.3, 0.4) is 0 Å². The second kappa shape index (κ2) is 4.30. The number of aromatic nitrogens is 1. The lowest BCUT2D eigenvalue weighted by atomic mass is 10.1. The van der Waals surface area contributed by atoms with E-state index >= 15 is 0 Å². The summed E-state index contributed by atoms with van der Waals surface area (Å²) in [5.74, 6) is 0. The Morgan fingerprint density at radius 2 is 2.14 bits per heavy atom. The zero-order valence-corrected chi connectivity index (χ0v) is 8.98. The van der Waals surface area contributed by atoms with Gasteiger partial charge in [-0.2, -0.15) is 0 Å². The lowest BCUT2D eigenvalue weighted by Gasteiger charge is -2.13. The van der Waals surface area contributed by atoms with Gasteiger partial charge in [0, 0.05) is 5.02 Å². The third-order valence-electron chi connectivity index (χ3n) is 2.05. The molecule has 0 atom stereocenters. The molecule has 0 amide bonds. The van der Waals surface area contributed by atoms with E-state index in [2.05, 4.69) is 4.98 Å². The SMILES string of the molecule is Clc1cc(Cl)nc(C2=CCOCC2)c1. The lowest BCUT2D eigenvalue weighted by molar-refractivity contribution is 0.161. The summed E-state index contributed by atoms with van der Waals surface area (Å²) >= 11 is 11.7. The van der Waals surface area contributed by atoms with Gasteiger partial charge in [-0.3, -0.25) is 0 Å². The predicted octanol–water partition coefficient (Wildman–Crippen LogP) is 3.19. The summed E-state index contributed by atoms with van der Waals surface area (Å²) in [5, 5.41) is 1.05. The molecule has 1 aromatic rings. The van der Waals surface area contributed by atoms with E-state index in [1.165, 1.54) is 0 Å². The molecule has 0 radical (unpaired) electrons. The summed E-state index contributed by atoms with van der Waals surface area (Å²) in [6.45, 7) is 1.37. The summed E-state index contributed by atoms with van der Waals surface area (Å²) in [6.07, 6.45) is 2.88. The normalized spacial score (nSPS) is 16.6. The molecular weight excluding hydrogens is 221 g/mol. The standard InChI is InChI=1S/C10H9Cl2NO/c11-8-5-9(13-10(12)6-8)7-1-3-14-4-2-7/h1,5-6H,2-4H2. The summed E-state index contributed by atoms with van der Waals surface area (Å²) in [5.41, 5.74) is 2.01. The molecule has 0 aliphatic carbocycles. The van der Waals surface area contributed by atoms with Crippen molar-refractivity contribution in [2.45, 2.75) is 6.42 Å². The predicted molar refractivity (Wildman–Crippen MR) is 57.7 cm³/mol.